The molecule has 25 heavy (non-hydrogen) atoms. The molecule has 2 aliphatic heterocycles. The first-order valence-corrected chi connectivity index (χ1v) is 11.0. The topological polar surface area (TPSA) is 75.5 Å². The van der Waals surface area contributed by atoms with Gasteiger partial charge in [0.2, 0.25) is 10.0 Å². The van der Waals surface area contributed by atoms with Gasteiger partial charge in [0.25, 0.3) is 5.91 Å². The Morgan fingerprint density at radius 1 is 1.20 bits per heavy atom. The third-order valence-corrected chi connectivity index (χ3v) is 6.84. The number of piperidine rings is 2. The van der Waals surface area contributed by atoms with Gasteiger partial charge in [0.15, 0.2) is 0 Å². The van der Waals surface area contributed by atoms with Crippen LogP contribution >= 0.6 is 0 Å². The van der Waals surface area contributed by atoms with Crippen LogP contribution in [-0.4, -0.2) is 65.2 Å². The second-order valence-electron chi connectivity index (χ2n) is 7.10. The van der Waals surface area contributed by atoms with Crippen molar-refractivity contribution in [2.75, 3.05) is 25.9 Å². The van der Waals surface area contributed by atoms with Gasteiger partial charge in [-0.2, -0.15) is 9.40 Å². The molecule has 0 N–H and O–H groups in total. The van der Waals surface area contributed by atoms with E-state index in [1.165, 1.54) is 6.26 Å². The van der Waals surface area contributed by atoms with Crippen LogP contribution in [0.5, 0.6) is 0 Å². The normalized spacial score (nSPS) is 23.8. The minimum Gasteiger partial charge on any atom is -0.337 e. The van der Waals surface area contributed by atoms with Gasteiger partial charge in [-0.05, 0) is 44.6 Å². The average molecular weight is 369 g/mol. The highest BCUT2D eigenvalue weighted by molar-refractivity contribution is 7.88. The van der Waals surface area contributed by atoms with Gasteiger partial charge >= 0.3 is 0 Å². The predicted molar refractivity (Wildman–Crippen MR) is 95.7 cm³/mol. The highest BCUT2D eigenvalue weighted by Gasteiger charge is 2.37. The lowest BCUT2D eigenvalue weighted by Crippen LogP contribution is -2.50. The number of sulfonamides is 1. The van der Waals surface area contributed by atoms with E-state index < -0.39 is 10.0 Å². The van der Waals surface area contributed by atoms with Crippen molar-refractivity contribution < 1.29 is 13.2 Å². The van der Waals surface area contributed by atoms with Crippen molar-refractivity contribution in [3.63, 3.8) is 0 Å². The number of amides is 1. The lowest BCUT2D eigenvalue weighted by Gasteiger charge is -2.42. The van der Waals surface area contributed by atoms with Gasteiger partial charge in [-0.25, -0.2) is 8.42 Å². The monoisotopic (exact) mass is 368 g/mol. The van der Waals surface area contributed by atoms with Gasteiger partial charge in [-0.15, -0.1) is 0 Å². The van der Waals surface area contributed by atoms with E-state index in [-0.39, 0.29) is 11.9 Å². The molecule has 1 aromatic rings. The Morgan fingerprint density at radius 2 is 1.92 bits per heavy atom. The molecule has 2 aliphatic rings. The zero-order chi connectivity index (χ0) is 18.0. The number of aryl methyl sites for hydroxylation is 1. The minimum atomic E-state index is -3.16. The van der Waals surface area contributed by atoms with Crippen LogP contribution in [0, 0.1) is 5.92 Å². The summed E-state index contributed by atoms with van der Waals surface area (Å²) < 4.78 is 27.6. The Kier molecular flexibility index (Phi) is 5.48. The van der Waals surface area contributed by atoms with Crippen molar-refractivity contribution in [1.82, 2.24) is 19.0 Å². The molecule has 7 nitrogen and oxygen atoms in total. The highest BCUT2D eigenvalue weighted by atomic mass is 32.2. The van der Waals surface area contributed by atoms with E-state index >= 15 is 0 Å². The van der Waals surface area contributed by atoms with Gasteiger partial charge in [-0.1, -0.05) is 6.42 Å². The summed E-state index contributed by atoms with van der Waals surface area (Å²) in [4.78, 5) is 14.6. The van der Waals surface area contributed by atoms with Crippen molar-refractivity contribution in [2.24, 2.45) is 5.92 Å². The number of aromatic nitrogens is 2. The van der Waals surface area contributed by atoms with E-state index in [1.54, 1.807) is 21.3 Å². The highest BCUT2D eigenvalue weighted by Crippen LogP contribution is 2.32. The second kappa shape index (κ2) is 7.45. The van der Waals surface area contributed by atoms with Crippen molar-refractivity contribution >= 4 is 15.9 Å². The Hall–Kier alpha value is -1.41. The lowest BCUT2D eigenvalue weighted by molar-refractivity contribution is 0.0609. The molecule has 0 unspecified atom stereocenters. The summed E-state index contributed by atoms with van der Waals surface area (Å²) in [5.41, 5.74) is 0.636. The second-order valence-corrected chi connectivity index (χ2v) is 9.03. The van der Waals surface area contributed by atoms with Crippen LogP contribution in [0.1, 0.15) is 49.5 Å². The molecule has 1 aromatic heterocycles. The number of rotatable bonds is 4. The summed E-state index contributed by atoms with van der Waals surface area (Å²) in [6, 6.07) is 1.87. The van der Waals surface area contributed by atoms with Crippen LogP contribution in [0.15, 0.2) is 12.3 Å². The summed E-state index contributed by atoms with van der Waals surface area (Å²) in [7, 11) is -3.16. The smallest absolute Gasteiger partial charge is 0.272 e. The largest absolute Gasteiger partial charge is 0.337 e. The number of carbonyl (C=O) groups is 1. The molecule has 140 valence electrons. The van der Waals surface area contributed by atoms with Crippen LogP contribution in [0.3, 0.4) is 0 Å². The van der Waals surface area contributed by atoms with E-state index in [9.17, 15) is 13.2 Å². The first-order valence-electron chi connectivity index (χ1n) is 9.19. The Labute approximate surface area is 150 Å². The molecule has 1 atom stereocenters. The van der Waals surface area contributed by atoms with Crippen LogP contribution in [0.2, 0.25) is 0 Å². The molecule has 3 rings (SSSR count). The molecule has 1 amide bonds. The average Bonchev–Trinajstić information content (AvgIpc) is 3.09. The van der Waals surface area contributed by atoms with Crippen molar-refractivity contribution in [3.05, 3.63) is 18.0 Å². The molecule has 2 saturated heterocycles. The fourth-order valence-electron chi connectivity index (χ4n) is 4.23. The number of hydrogen-bond acceptors (Lipinski definition) is 4. The molecule has 3 heterocycles. The molecule has 0 spiro atoms. The minimum absolute atomic E-state index is 0.0291. The van der Waals surface area contributed by atoms with E-state index in [2.05, 4.69) is 5.10 Å². The third-order valence-electron chi connectivity index (χ3n) is 5.53. The fraction of sp³-hybridized carbons (Fsp3) is 0.765. The van der Waals surface area contributed by atoms with Gasteiger partial charge in [0, 0.05) is 38.4 Å². The van der Waals surface area contributed by atoms with E-state index in [0.717, 1.165) is 32.1 Å². The Morgan fingerprint density at radius 3 is 2.56 bits per heavy atom. The number of likely N-dealkylation sites (tertiary alicyclic amines) is 1. The Balaban J connectivity index is 1.64. The van der Waals surface area contributed by atoms with Crippen LogP contribution < -0.4 is 0 Å². The number of hydrogen-bond donors (Lipinski definition) is 0. The van der Waals surface area contributed by atoms with Crippen molar-refractivity contribution in [3.8, 4) is 0 Å². The molecular formula is C17H28N4O3S. The number of nitrogens with zero attached hydrogens (tertiary/aromatic N) is 4. The standard InChI is InChI=1S/C17H28N4O3S/c1-3-20-16(7-10-18-20)17(22)19-12-8-14(9-13-19)15-6-4-5-11-21(15)25(2,23)24/h7,10,14-15H,3-6,8-9,11-13H2,1-2H3/t15-/m1/s1. The zero-order valence-electron chi connectivity index (χ0n) is 15.1. The maximum Gasteiger partial charge on any atom is 0.272 e. The molecule has 0 radical (unpaired) electrons. The van der Waals surface area contributed by atoms with E-state index in [1.807, 2.05) is 11.8 Å². The zero-order valence-corrected chi connectivity index (χ0v) is 15.9. The first-order chi connectivity index (χ1) is 11.9. The molecular weight excluding hydrogens is 340 g/mol. The number of carbonyl (C=O) groups excluding carboxylic acids is 1. The molecule has 0 saturated carbocycles. The van der Waals surface area contributed by atoms with Gasteiger partial charge in [0.1, 0.15) is 5.69 Å². The van der Waals surface area contributed by atoms with E-state index in [0.29, 0.717) is 37.8 Å². The van der Waals surface area contributed by atoms with Gasteiger partial charge in [-0.3, -0.25) is 9.48 Å². The van der Waals surface area contributed by atoms with Crippen LogP contribution in [0.25, 0.3) is 0 Å². The molecule has 2 fully saturated rings. The summed E-state index contributed by atoms with van der Waals surface area (Å²) in [6.07, 6.45) is 7.68. The molecule has 0 bridgehead atoms. The Bertz CT molecular complexity index is 707. The van der Waals surface area contributed by atoms with Gasteiger partial charge in [0.05, 0.1) is 6.26 Å². The molecule has 0 aliphatic carbocycles. The molecule has 0 aromatic carbocycles. The fourth-order valence-corrected chi connectivity index (χ4v) is 5.46. The summed E-state index contributed by atoms with van der Waals surface area (Å²) in [6.45, 7) is 4.66. The van der Waals surface area contributed by atoms with Crippen molar-refractivity contribution in [1.29, 1.82) is 0 Å². The molecule has 8 heteroatoms. The van der Waals surface area contributed by atoms with Crippen molar-refractivity contribution in [2.45, 2.75) is 51.6 Å². The SMILES string of the molecule is CCn1nccc1C(=O)N1CCC([C@H]2CCCCN2S(C)(=O)=O)CC1. The van der Waals surface area contributed by atoms with Crippen LogP contribution in [-0.2, 0) is 16.6 Å². The summed E-state index contributed by atoms with van der Waals surface area (Å²) in [5.74, 6) is 0.372. The lowest BCUT2D eigenvalue weighted by atomic mass is 9.85. The summed E-state index contributed by atoms with van der Waals surface area (Å²) in [5, 5.41) is 4.17. The quantitative estimate of drug-likeness (QED) is 0.808. The third kappa shape index (κ3) is 3.89. The van der Waals surface area contributed by atoms with Gasteiger partial charge < -0.3 is 4.90 Å². The first kappa shape index (κ1) is 18.4. The maximum atomic E-state index is 12.7. The van der Waals surface area contributed by atoms with E-state index in [4.69, 9.17) is 0 Å². The predicted octanol–water partition coefficient (Wildman–Crippen LogP) is 1.57. The maximum absolute atomic E-state index is 12.7. The van der Waals surface area contributed by atoms with Crippen LogP contribution in [0.4, 0.5) is 0 Å². The summed E-state index contributed by atoms with van der Waals surface area (Å²) >= 11 is 0.